The second kappa shape index (κ2) is 7.05. The fraction of sp³-hybridized carbons (Fsp3) is 0.222. The summed E-state index contributed by atoms with van der Waals surface area (Å²) in [6.07, 6.45) is 1.96. The van der Waals surface area contributed by atoms with Crippen LogP contribution >= 0.6 is 11.8 Å². The largest absolute Gasteiger partial charge is 0.325 e. The van der Waals surface area contributed by atoms with E-state index in [1.807, 2.05) is 29.1 Å². The Balaban J connectivity index is 1.65. The standard InChI is InChI=1S/C18H18FN3OS/c1-12(2)22-10-13-9-14(7-8-16(13)21-22)20-18(23)11-24-17-6-4-3-5-15(17)19/h3-10,12H,11H2,1-2H3,(H,20,23). The van der Waals surface area contributed by atoms with Crippen molar-refractivity contribution in [2.24, 2.45) is 0 Å². The Morgan fingerprint density at radius 3 is 2.83 bits per heavy atom. The molecule has 0 aliphatic rings. The third-order valence-corrected chi connectivity index (χ3v) is 4.58. The number of anilines is 1. The zero-order valence-electron chi connectivity index (χ0n) is 13.5. The average Bonchev–Trinajstić information content (AvgIpc) is 2.98. The number of amides is 1. The number of halogens is 1. The van der Waals surface area contributed by atoms with Crippen molar-refractivity contribution in [3.05, 3.63) is 54.5 Å². The maximum Gasteiger partial charge on any atom is 0.234 e. The molecule has 0 spiro atoms. The molecule has 24 heavy (non-hydrogen) atoms. The molecule has 0 unspecified atom stereocenters. The maximum absolute atomic E-state index is 13.5. The molecule has 0 radical (unpaired) electrons. The van der Waals surface area contributed by atoms with Gasteiger partial charge in [0.1, 0.15) is 5.82 Å². The second-order valence-electron chi connectivity index (χ2n) is 5.74. The van der Waals surface area contributed by atoms with Crippen LogP contribution in [0.15, 0.2) is 53.6 Å². The van der Waals surface area contributed by atoms with E-state index in [4.69, 9.17) is 0 Å². The summed E-state index contributed by atoms with van der Waals surface area (Å²) in [5.41, 5.74) is 1.60. The summed E-state index contributed by atoms with van der Waals surface area (Å²) in [5.74, 6) is -0.318. The summed E-state index contributed by atoms with van der Waals surface area (Å²) in [4.78, 5) is 12.5. The summed E-state index contributed by atoms with van der Waals surface area (Å²) < 4.78 is 15.4. The highest BCUT2D eigenvalue weighted by Gasteiger charge is 2.09. The van der Waals surface area contributed by atoms with Crippen LogP contribution in [0.3, 0.4) is 0 Å². The molecule has 0 aliphatic carbocycles. The van der Waals surface area contributed by atoms with Crippen LogP contribution in [0.25, 0.3) is 10.9 Å². The number of fused-ring (bicyclic) bond motifs is 1. The number of hydrogen-bond donors (Lipinski definition) is 1. The molecule has 124 valence electrons. The van der Waals surface area contributed by atoms with Crippen molar-refractivity contribution in [3.63, 3.8) is 0 Å². The third kappa shape index (κ3) is 3.76. The smallest absolute Gasteiger partial charge is 0.234 e. The molecule has 0 fully saturated rings. The lowest BCUT2D eigenvalue weighted by molar-refractivity contribution is -0.113. The van der Waals surface area contributed by atoms with E-state index in [0.29, 0.717) is 10.6 Å². The Morgan fingerprint density at radius 1 is 1.29 bits per heavy atom. The molecule has 3 rings (SSSR count). The zero-order chi connectivity index (χ0) is 17.1. The number of thioether (sulfide) groups is 1. The highest BCUT2D eigenvalue weighted by Crippen LogP contribution is 2.23. The molecule has 4 nitrogen and oxygen atoms in total. The lowest BCUT2D eigenvalue weighted by atomic mass is 10.2. The zero-order valence-corrected chi connectivity index (χ0v) is 14.3. The summed E-state index contributed by atoms with van der Waals surface area (Å²) in [6.45, 7) is 4.13. The fourth-order valence-electron chi connectivity index (χ4n) is 2.29. The minimum atomic E-state index is -0.308. The van der Waals surface area contributed by atoms with Crippen molar-refractivity contribution in [2.75, 3.05) is 11.1 Å². The molecule has 1 heterocycles. The Hall–Kier alpha value is -2.34. The van der Waals surface area contributed by atoms with Crippen LogP contribution in [0, 0.1) is 5.82 Å². The Morgan fingerprint density at radius 2 is 2.08 bits per heavy atom. The number of nitrogens with zero attached hydrogens (tertiary/aromatic N) is 2. The number of hydrogen-bond acceptors (Lipinski definition) is 3. The molecular formula is C18H18FN3OS. The van der Waals surface area contributed by atoms with Gasteiger partial charge in [-0.05, 0) is 44.2 Å². The van der Waals surface area contributed by atoms with Gasteiger partial charge in [-0.15, -0.1) is 11.8 Å². The van der Waals surface area contributed by atoms with Gasteiger partial charge in [0.05, 0.1) is 11.3 Å². The Bertz CT molecular complexity index is 876. The van der Waals surface area contributed by atoms with E-state index < -0.39 is 0 Å². The van der Waals surface area contributed by atoms with Gasteiger partial charge < -0.3 is 5.32 Å². The van der Waals surface area contributed by atoms with E-state index in [0.717, 1.165) is 10.9 Å². The molecule has 6 heteroatoms. The Labute approximate surface area is 144 Å². The SMILES string of the molecule is CC(C)n1cc2cc(NC(=O)CSc3ccccc3F)ccc2n1. The first-order valence-corrected chi connectivity index (χ1v) is 8.67. The number of nitrogens with one attached hydrogen (secondary N) is 1. The molecule has 0 bridgehead atoms. The van der Waals surface area contributed by atoms with Gasteiger partial charge in [0, 0.05) is 28.2 Å². The van der Waals surface area contributed by atoms with Crippen molar-refractivity contribution in [2.45, 2.75) is 24.8 Å². The molecule has 1 N–H and O–H groups in total. The minimum absolute atomic E-state index is 0.157. The van der Waals surface area contributed by atoms with E-state index in [1.165, 1.54) is 17.8 Å². The highest BCUT2D eigenvalue weighted by atomic mass is 32.2. The maximum atomic E-state index is 13.5. The molecular weight excluding hydrogens is 325 g/mol. The molecule has 2 aromatic carbocycles. The lowest BCUT2D eigenvalue weighted by Crippen LogP contribution is -2.13. The summed E-state index contributed by atoms with van der Waals surface area (Å²) >= 11 is 1.18. The molecule has 0 aliphatic heterocycles. The molecule has 3 aromatic rings. The van der Waals surface area contributed by atoms with Gasteiger partial charge in [0.2, 0.25) is 5.91 Å². The van der Waals surface area contributed by atoms with Crippen molar-refractivity contribution < 1.29 is 9.18 Å². The first-order valence-electron chi connectivity index (χ1n) is 7.69. The predicted octanol–water partition coefficient (Wildman–Crippen LogP) is 4.49. The van der Waals surface area contributed by atoms with Crippen LogP contribution in [0.1, 0.15) is 19.9 Å². The van der Waals surface area contributed by atoms with Gasteiger partial charge in [-0.3, -0.25) is 9.48 Å². The minimum Gasteiger partial charge on any atom is -0.325 e. The van der Waals surface area contributed by atoms with Crippen molar-refractivity contribution in [3.8, 4) is 0 Å². The monoisotopic (exact) mass is 343 g/mol. The number of carbonyl (C=O) groups excluding carboxylic acids is 1. The third-order valence-electron chi connectivity index (χ3n) is 3.53. The number of aromatic nitrogens is 2. The highest BCUT2D eigenvalue weighted by molar-refractivity contribution is 8.00. The van der Waals surface area contributed by atoms with Gasteiger partial charge in [-0.2, -0.15) is 5.10 Å². The number of rotatable bonds is 5. The first kappa shape index (κ1) is 16.5. The summed E-state index contributed by atoms with van der Waals surface area (Å²) in [5, 5.41) is 8.29. The summed E-state index contributed by atoms with van der Waals surface area (Å²) in [7, 11) is 0. The fourth-order valence-corrected chi connectivity index (χ4v) is 3.03. The van der Waals surface area contributed by atoms with Gasteiger partial charge in [-0.25, -0.2) is 4.39 Å². The first-order chi connectivity index (χ1) is 11.5. The van der Waals surface area contributed by atoms with Crippen LogP contribution < -0.4 is 5.32 Å². The lowest BCUT2D eigenvalue weighted by Gasteiger charge is -2.05. The second-order valence-corrected chi connectivity index (χ2v) is 6.76. The number of carbonyl (C=O) groups is 1. The topological polar surface area (TPSA) is 46.9 Å². The van der Waals surface area contributed by atoms with E-state index >= 15 is 0 Å². The quantitative estimate of drug-likeness (QED) is 0.695. The van der Waals surface area contributed by atoms with Gasteiger partial charge in [0.25, 0.3) is 0 Å². The molecule has 1 amide bonds. The molecule has 0 saturated heterocycles. The average molecular weight is 343 g/mol. The van der Waals surface area contributed by atoms with Crippen LogP contribution in [0.5, 0.6) is 0 Å². The van der Waals surface area contributed by atoms with Crippen LogP contribution in [-0.4, -0.2) is 21.4 Å². The van der Waals surface area contributed by atoms with E-state index in [1.54, 1.807) is 18.2 Å². The van der Waals surface area contributed by atoms with Crippen LogP contribution in [-0.2, 0) is 4.79 Å². The number of benzene rings is 2. The van der Waals surface area contributed by atoms with E-state index in [9.17, 15) is 9.18 Å². The molecule has 0 atom stereocenters. The van der Waals surface area contributed by atoms with Gasteiger partial charge in [-0.1, -0.05) is 12.1 Å². The van der Waals surface area contributed by atoms with Gasteiger partial charge in [0.15, 0.2) is 0 Å². The van der Waals surface area contributed by atoms with Gasteiger partial charge >= 0.3 is 0 Å². The van der Waals surface area contributed by atoms with Crippen molar-refractivity contribution >= 4 is 34.3 Å². The van der Waals surface area contributed by atoms with E-state index in [-0.39, 0.29) is 23.5 Å². The van der Waals surface area contributed by atoms with E-state index in [2.05, 4.69) is 24.3 Å². The van der Waals surface area contributed by atoms with Crippen LogP contribution in [0.4, 0.5) is 10.1 Å². The molecule has 1 aromatic heterocycles. The Kier molecular flexibility index (Phi) is 4.85. The van der Waals surface area contributed by atoms with Crippen molar-refractivity contribution in [1.82, 2.24) is 9.78 Å². The van der Waals surface area contributed by atoms with Crippen LogP contribution in [0.2, 0.25) is 0 Å². The van der Waals surface area contributed by atoms with Crippen molar-refractivity contribution in [1.29, 1.82) is 0 Å². The summed E-state index contributed by atoms with van der Waals surface area (Å²) in [6, 6.07) is 12.3. The predicted molar refractivity (Wildman–Crippen MR) is 95.9 cm³/mol. The molecule has 0 saturated carbocycles. The normalized spacial score (nSPS) is 11.2.